The van der Waals surface area contributed by atoms with Crippen LogP contribution in [0.2, 0.25) is 0 Å². The fraction of sp³-hybridized carbons (Fsp3) is 0.364. The van der Waals surface area contributed by atoms with Gasteiger partial charge in [-0.25, -0.2) is 10.1 Å². The lowest BCUT2D eigenvalue weighted by Gasteiger charge is -1.95. The molecule has 1 N–H and O–H groups in total. The standard InChI is InChI=1S/C11H11N3OS/c1-6-4-8(10(15)14-13-6)11-12-9(5-16-11)7-2-3-7/h4-5,7H,2-3H2,1H3,(H,14,15). The maximum atomic E-state index is 11.6. The summed E-state index contributed by atoms with van der Waals surface area (Å²) in [4.78, 5) is 16.1. The zero-order valence-electron chi connectivity index (χ0n) is 8.86. The van der Waals surface area contributed by atoms with Gasteiger partial charge in [-0.3, -0.25) is 4.79 Å². The predicted molar refractivity (Wildman–Crippen MR) is 62.7 cm³/mol. The number of aromatic nitrogens is 3. The number of hydrogen-bond acceptors (Lipinski definition) is 4. The van der Waals surface area contributed by atoms with E-state index in [9.17, 15) is 4.79 Å². The number of nitrogens with one attached hydrogen (secondary N) is 1. The summed E-state index contributed by atoms with van der Waals surface area (Å²) in [5.74, 6) is 0.631. The van der Waals surface area contributed by atoms with Crippen LogP contribution in [0, 0.1) is 6.92 Å². The van der Waals surface area contributed by atoms with Gasteiger partial charge in [-0.2, -0.15) is 5.10 Å². The molecule has 0 spiro atoms. The molecule has 4 nitrogen and oxygen atoms in total. The number of thiazole rings is 1. The largest absolute Gasteiger partial charge is 0.274 e. The molecule has 3 rings (SSSR count). The van der Waals surface area contributed by atoms with Crippen LogP contribution in [-0.2, 0) is 0 Å². The monoisotopic (exact) mass is 233 g/mol. The molecule has 2 heterocycles. The van der Waals surface area contributed by atoms with Crippen molar-refractivity contribution in [3.8, 4) is 10.6 Å². The van der Waals surface area contributed by atoms with Crippen LogP contribution >= 0.6 is 11.3 Å². The third-order valence-corrected chi connectivity index (χ3v) is 3.57. The van der Waals surface area contributed by atoms with Crippen molar-refractivity contribution in [2.45, 2.75) is 25.7 Å². The molecule has 0 aromatic carbocycles. The fourth-order valence-electron chi connectivity index (χ4n) is 1.64. The molecule has 0 bridgehead atoms. The third-order valence-electron chi connectivity index (χ3n) is 2.68. The molecule has 0 aliphatic heterocycles. The van der Waals surface area contributed by atoms with Gasteiger partial charge in [0.1, 0.15) is 5.01 Å². The number of hydrogen-bond donors (Lipinski definition) is 1. The second-order valence-corrected chi connectivity index (χ2v) is 4.96. The van der Waals surface area contributed by atoms with Gasteiger partial charge < -0.3 is 0 Å². The Kier molecular flexibility index (Phi) is 2.14. The van der Waals surface area contributed by atoms with E-state index in [0.717, 1.165) is 16.4 Å². The van der Waals surface area contributed by atoms with Crippen LogP contribution in [0.1, 0.15) is 30.1 Å². The first-order valence-electron chi connectivity index (χ1n) is 5.26. The van der Waals surface area contributed by atoms with Crippen LogP contribution < -0.4 is 5.56 Å². The number of aryl methyl sites for hydroxylation is 1. The molecule has 82 valence electrons. The Labute approximate surface area is 96.4 Å². The molecule has 1 saturated carbocycles. The topological polar surface area (TPSA) is 58.6 Å². The second-order valence-electron chi connectivity index (χ2n) is 4.10. The minimum atomic E-state index is -0.165. The number of nitrogens with zero attached hydrogens (tertiary/aromatic N) is 2. The van der Waals surface area contributed by atoms with Crippen molar-refractivity contribution in [2.24, 2.45) is 0 Å². The maximum absolute atomic E-state index is 11.6. The van der Waals surface area contributed by atoms with Crippen molar-refractivity contribution in [3.63, 3.8) is 0 Å². The summed E-state index contributed by atoms with van der Waals surface area (Å²) in [6.45, 7) is 1.86. The van der Waals surface area contributed by atoms with Crippen molar-refractivity contribution in [3.05, 3.63) is 33.2 Å². The van der Waals surface area contributed by atoms with Crippen LogP contribution in [0.3, 0.4) is 0 Å². The lowest BCUT2D eigenvalue weighted by atomic mass is 10.2. The van der Waals surface area contributed by atoms with E-state index in [4.69, 9.17) is 0 Å². The average molecular weight is 233 g/mol. The quantitative estimate of drug-likeness (QED) is 0.864. The van der Waals surface area contributed by atoms with Crippen LogP contribution in [-0.4, -0.2) is 15.2 Å². The molecule has 1 aliphatic carbocycles. The van der Waals surface area contributed by atoms with Crippen LogP contribution in [0.4, 0.5) is 0 Å². The molecule has 1 aliphatic rings. The minimum Gasteiger partial charge on any atom is -0.267 e. The van der Waals surface area contributed by atoms with Crippen LogP contribution in [0.15, 0.2) is 16.2 Å². The van der Waals surface area contributed by atoms with Crippen molar-refractivity contribution in [1.82, 2.24) is 15.2 Å². The average Bonchev–Trinajstić information content (AvgIpc) is 3.01. The van der Waals surface area contributed by atoms with Gasteiger partial charge in [0.05, 0.1) is 17.0 Å². The minimum absolute atomic E-state index is 0.165. The van der Waals surface area contributed by atoms with Gasteiger partial charge in [0.25, 0.3) is 5.56 Å². The molecule has 1 fully saturated rings. The van der Waals surface area contributed by atoms with E-state index in [1.165, 1.54) is 24.2 Å². The Balaban J connectivity index is 2.06. The lowest BCUT2D eigenvalue weighted by Crippen LogP contribution is -2.11. The summed E-state index contributed by atoms with van der Waals surface area (Å²) in [5, 5.41) is 9.20. The first-order chi connectivity index (χ1) is 7.74. The van der Waals surface area contributed by atoms with Crippen LogP contribution in [0.5, 0.6) is 0 Å². The summed E-state index contributed by atoms with van der Waals surface area (Å²) in [7, 11) is 0. The van der Waals surface area contributed by atoms with Crippen molar-refractivity contribution in [1.29, 1.82) is 0 Å². The van der Waals surface area contributed by atoms with E-state index in [0.29, 0.717) is 11.5 Å². The normalized spacial score (nSPS) is 15.3. The Morgan fingerprint density at radius 2 is 2.31 bits per heavy atom. The molecule has 16 heavy (non-hydrogen) atoms. The number of H-pyrrole nitrogens is 1. The number of rotatable bonds is 2. The first kappa shape index (κ1) is 9.72. The molecular weight excluding hydrogens is 222 g/mol. The molecule has 5 heteroatoms. The highest BCUT2D eigenvalue weighted by Gasteiger charge is 2.26. The smallest absolute Gasteiger partial charge is 0.267 e. The summed E-state index contributed by atoms with van der Waals surface area (Å²) in [6, 6.07) is 1.79. The summed E-state index contributed by atoms with van der Waals surface area (Å²) >= 11 is 1.53. The van der Waals surface area contributed by atoms with Gasteiger partial charge in [0, 0.05) is 11.3 Å². The molecular formula is C11H11N3OS. The zero-order valence-corrected chi connectivity index (χ0v) is 9.67. The third kappa shape index (κ3) is 1.67. The molecule has 2 aromatic heterocycles. The summed E-state index contributed by atoms with van der Waals surface area (Å²) < 4.78 is 0. The summed E-state index contributed by atoms with van der Waals surface area (Å²) in [5.41, 5.74) is 2.40. The van der Waals surface area contributed by atoms with E-state index in [1.54, 1.807) is 6.07 Å². The van der Waals surface area contributed by atoms with Gasteiger partial charge in [-0.1, -0.05) is 0 Å². The molecule has 0 atom stereocenters. The Hall–Kier alpha value is -1.49. The van der Waals surface area contributed by atoms with Crippen molar-refractivity contribution >= 4 is 11.3 Å². The Morgan fingerprint density at radius 3 is 3.06 bits per heavy atom. The van der Waals surface area contributed by atoms with E-state index in [-0.39, 0.29) is 5.56 Å². The van der Waals surface area contributed by atoms with Crippen molar-refractivity contribution in [2.75, 3.05) is 0 Å². The Bertz CT molecular complexity index is 583. The van der Waals surface area contributed by atoms with Gasteiger partial charge in [0.2, 0.25) is 0 Å². The van der Waals surface area contributed by atoms with Gasteiger partial charge >= 0.3 is 0 Å². The molecule has 2 aromatic rings. The molecule has 0 saturated heterocycles. The highest BCUT2D eigenvalue weighted by atomic mass is 32.1. The van der Waals surface area contributed by atoms with E-state index >= 15 is 0 Å². The summed E-state index contributed by atoms with van der Waals surface area (Å²) in [6.07, 6.45) is 2.46. The predicted octanol–water partition coefficient (Wildman–Crippen LogP) is 2.08. The SMILES string of the molecule is Cc1cc(-c2nc(C3CC3)cs2)c(=O)[nH]n1. The highest BCUT2D eigenvalue weighted by Crippen LogP contribution is 2.41. The van der Waals surface area contributed by atoms with Gasteiger partial charge in [0.15, 0.2) is 0 Å². The maximum Gasteiger partial charge on any atom is 0.274 e. The van der Waals surface area contributed by atoms with Crippen LogP contribution in [0.25, 0.3) is 10.6 Å². The fourth-order valence-corrected chi connectivity index (χ4v) is 2.56. The molecule has 0 radical (unpaired) electrons. The molecule has 0 amide bonds. The highest BCUT2D eigenvalue weighted by molar-refractivity contribution is 7.13. The zero-order chi connectivity index (χ0) is 11.1. The first-order valence-corrected chi connectivity index (χ1v) is 6.14. The number of aromatic amines is 1. The second kappa shape index (κ2) is 3.52. The van der Waals surface area contributed by atoms with Gasteiger partial charge in [-0.15, -0.1) is 11.3 Å². The van der Waals surface area contributed by atoms with Crippen molar-refractivity contribution < 1.29 is 0 Å². The molecule has 0 unspecified atom stereocenters. The van der Waals surface area contributed by atoms with E-state index < -0.39 is 0 Å². The lowest BCUT2D eigenvalue weighted by molar-refractivity contribution is 0.947. The van der Waals surface area contributed by atoms with E-state index in [2.05, 4.69) is 20.6 Å². The Morgan fingerprint density at radius 1 is 1.50 bits per heavy atom. The van der Waals surface area contributed by atoms with E-state index in [1.807, 2.05) is 6.92 Å². The van der Waals surface area contributed by atoms with Gasteiger partial charge in [-0.05, 0) is 25.8 Å².